The molecule has 0 aliphatic carbocycles. The number of hydrogen-bond donors (Lipinski definition) is 2. The number of nitrogens with zero attached hydrogens (tertiary/aromatic N) is 1. The molecule has 2 aliphatic heterocycles. The average Bonchev–Trinajstić information content (AvgIpc) is 2.89. The number of aryl methyl sites for hydroxylation is 1. The van der Waals surface area contributed by atoms with E-state index in [1.165, 1.54) is 0 Å². The lowest BCUT2D eigenvalue weighted by molar-refractivity contribution is 0.0734. The van der Waals surface area contributed by atoms with Gasteiger partial charge in [-0.3, -0.25) is 4.79 Å². The van der Waals surface area contributed by atoms with Gasteiger partial charge in [0.1, 0.15) is 5.75 Å². The Bertz CT molecular complexity index is 487. The van der Waals surface area contributed by atoms with Gasteiger partial charge in [-0.25, -0.2) is 0 Å². The minimum Gasteiger partial charge on any atom is -0.507 e. The van der Waals surface area contributed by atoms with Gasteiger partial charge in [0, 0.05) is 25.7 Å². The summed E-state index contributed by atoms with van der Waals surface area (Å²) in [5.41, 5.74) is 1.39. The lowest BCUT2D eigenvalue weighted by Crippen LogP contribution is -2.39. The first-order valence-corrected chi connectivity index (χ1v) is 6.48. The van der Waals surface area contributed by atoms with Gasteiger partial charge in [-0.05, 0) is 37.0 Å². The average molecular weight is 246 g/mol. The van der Waals surface area contributed by atoms with E-state index in [2.05, 4.69) is 5.32 Å². The summed E-state index contributed by atoms with van der Waals surface area (Å²) >= 11 is 0. The first kappa shape index (κ1) is 11.5. The molecule has 2 atom stereocenters. The molecule has 2 fully saturated rings. The Hall–Kier alpha value is -1.55. The second kappa shape index (κ2) is 4.28. The van der Waals surface area contributed by atoms with Gasteiger partial charge < -0.3 is 15.3 Å². The van der Waals surface area contributed by atoms with E-state index in [0.717, 1.165) is 31.6 Å². The molecule has 1 aromatic rings. The van der Waals surface area contributed by atoms with Gasteiger partial charge in [-0.2, -0.15) is 0 Å². The quantitative estimate of drug-likeness (QED) is 0.781. The molecule has 96 valence electrons. The highest BCUT2D eigenvalue weighted by Crippen LogP contribution is 2.30. The number of fused-ring (bicyclic) bond motifs is 1. The summed E-state index contributed by atoms with van der Waals surface area (Å²) in [5, 5.41) is 13.2. The predicted molar refractivity (Wildman–Crippen MR) is 68.6 cm³/mol. The second-order valence-corrected chi connectivity index (χ2v) is 5.29. The standard InChI is InChI=1S/C14H18N2O2/c1-9-2-3-11(13(17)6-9)14(18)16-5-4-10-7-15-8-12(10)16/h2-3,6,10,12,15,17H,4-5,7-8H2,1H3/t10-,12+/m0/s1. The number of hydrogen-bond acceptors (Lipinski definition) is 3. The Morgan fingerprint density at radius 3 is 3.06 bits per heavy atom. The molecule has 0 saturated carbocycles. The maximum atomic E-state index is 12.5. The van der Waals surface area contributed by atoms with Gasteiger partial charge in [-0.15, -0.1) is 0 Å². The number of rotatable bonds is 1. The van der Waals surface area contributed by atoms with Gasteiger partial charge >= 0.3 is 0 Å². The number of phenolic OH excluding ortho intramolecular Hbond substituents is 1. The van der Waals surface area contributed by atoms with Crippen molar-refractivity contribution in [1.82, 2.24) is 10.2 Å². The molecular formula is C14H18N2O2. The van der Waals surface area contributed by atoms with Crippen LogP contribution < -0.4 is 5.32 Å². The largest absolute Gasteiger partial charge is 0.507 e. The number of aromatic hydroxyl groups is 1. The van der Waals surface area contributed by atoms with Gasteiger partial charge in [0.05, 0.1) is 5.56 Å². The predicted octanol–water partition coefficient (Wildman–Crippen LogP) is 1.13. The number of amides is 1. The van der Waals surface area contributed by atoms with E-state index in [-0.39, 0.29) is 11.7 Å². The minimum absolute atomic E-state index is 0.0382. The van der Waals surface area contributed by atoms with E-state index < -0.39 is 0 Å². The molecule has 3 rings (SSSR count). The Morgan fingerprint density at radius 1 is 1.44 bits per heavy atom. The molecule has 0 aromatic heterocycles. The molecule has 0 unspecified atom stereocenters. The Kier molecular flexibility index (Phi) is 2.74. The van der Waals surface area contributed by atoms with Gasteiger partial charge in [0.25, 0.3) is 5.91 Å². The smallest absolute Gasteiger partial charge is 0.257 e. The highest BCUT2D eigenvalue weighted by Gasteiger charge is 2.40. The molecule has 2 aliphatic rings. The van der Waals surface area contributed by atoms with Crippen LogP contribution >= 0.6 is 0 Å². The summed E-state index contributed by atoms with van der Waals surface area (Å²) in [4.78, 5) is 14.4. The monoisotopic (exact) mass is 246 g/mol. The van der Waals surface area contributed by atoms with Crippen molar-refractivity contribution < 1.29 is 9.90 Å². The van der Waals surface area contributed by atoms with Crippen LogP contribution in [0, 0.1) is 12.8 Å². The zero-order valence-electron chi connectivity index (χ0n) is 10.5. The molecule has 18 heavy (non-hydrogen) atoms. The Morgan fingerprint density at radius 2 is 2.28 bits per heavy atom. The fourth-order valence-electron chi connectivity index (χ4n) is 3.08. The third-order valence-corrected chi connectivity index (χ3v) is 4.09. The molecule has 0 bridgehead atoms. The van der Waals surface area contributed by atoms with Crippen molar-refractivity contribution in [1.29, 1.82) is 0 Å². The molecule has 4 nitrogen and oxygen atoms in total. The van der Waals surface area contributed by atoms with Gasteiger partial charge in [0.15, 0.2) is 0 Å². The molecule has 4 heteroatoms. The summed E-state index contributed by atoms with van der Waals surface area (Å²) in [7, 11) is 0. The molecule has 0 radical (unpaired) electrons. The zero-order chi connectivity index (χ0) is 12.7. The van der Waals surface area contributed by atoms with E-state index in [9.17, 15) is 9.90 Å². The van der Waals surface area contributed by atoms with Crippen molar-refractivity contribution in [2.24, 2.45) is 5.92 Å². The topological polar surface area (TPSA) is 52.6 Å². The number of likely N-dealkylation sites (tertiary alicyclic amines) is 1. The molecule has 2 heterocycles. The first-order valence-electron chi connectivity index (χ1n) is 6.48. The van der Waals surface area contributed by atoms with Crippen molar-refractivity contribution in [2.45, 2.75) is 19.4 Å². The summed E-state index contributed by atoms with van der Waals surface area (Å²) in [5.74, 6) is 0.639. The summed E-state index contributed by atoms with van der Waals surface area (Å²) in [6.07, 6.45) is 1.07. The number of carbonyl (C=O) groups is 1. The van der Waals surface area contributed by atoms with E-state index in [1.54, 1.807) is 12.1 Å². The van der Waals surface area contributed by atoms with Crippen molar-refractivity contribution in [3.63, 3.8) is 0 Å². The van der Waals surface area contributed by atoms with Gasteiger partial charge in [-0.1, -0.05) is 6.07 Å². The first-order chi connectivity index (χ1) is 8.66. The summed E-state index contributed by atoms with van der Waals surface area (Å²) < 4.78 is 0. The molecule has 1 amide bonds. The van der Waals surface area contributed by atoms with E-state index in [0.29, 0.717) is 17.5 Å². The normalized spacial score (nSPS) is 26.4. The lowest BCUT2D eigenvalue weighted by atomic mass is 10.0. The molecule has 2 saturated heterocycles. The minimum atomic E-state index is -0.0382. The molecule has 0 spiro atoms. The van der Waals surface area contributed by atoms with E-state index in [1.807, 2.05) is 17.9 Å². The van der Waals surface area contributed by atoms with Crippen LogP contribution in [-0.2, 0) is 0 Å². The maximum Gasteiger partial charge on any atom is 0.257 e. The maximum absolute atomic E-state index is 12.5. The van der Waals surface area contributed by atoms with Crippen LogP contribution in [0.5, 0.6) is 5.75 Å². The van der Waals surface area contributed by atoms with Crippen LogP contribution in [0.2, 0.25) is 0 Å². The van der Waals surface area contributed by atoms with Crippen molar-refractivity contribution in [2.75, 3.05) is 19.6 Å². The van der Waals surface area contributed by atoms with Crippen LogP contribution in [-0.4, -0.2) is 41.6 Å². The highest BCUT2D eigenvalue weighted by molar-refractivity contribution is 5.97. The van der Waals surface area contributed by atoms with Crippen LogP contribution in [0.4, 0.5) is 0 Å². The number of phenols is 1. The third kappa shape index (κ3) is 1.77. The van der Waals surface area contributed by atoms with Crippen LogP contribution in [0.3, 0.4) is 0 Å². The number of carbonyl (C=O) groups excluding carboxylic acids is 1. The van der Waals surface area contributed by atoms with Crippen LogP contribution in [0.15, 0.2) is 18.2 Å². The number of nitrogens with one attached hydrogen (secondary N) is 1. The number of benzene rings is 1. The molecular weight excluding hydrogens is 228 g/mol. The second-order valence-electron chi connectivity index (χ2n) is 5.29. The Balaban J connectivity index is 1.86. The fraction of sp³-hybridized carbons (Fsp3) is 0.500. The SMILES string of the molecule is Cc1ccc(C(=O)N2CC[C@H]3CNC[C@H]32)c(O)c1. The van der Waals surface area contributed by atoms with Crippen LogP contribution in [0.1, 0.15) is 22.3 Å². The molecule has 1 aromatic carbocycles. The van der Waals surface area contributed by atoms with E-state index in [4.69, 9.17) is 0 Å². The Labute approximate surface area is 107 Å². The zero-order valence-corrected chi connectivity index (χ0v) is 10.5. The summed E-state index contributed by atoms with van der Waals surface area (Å²) in [6.45, 7) is 4.60. The lowest BCUT2D eigenvalue weighted by Gasteiger charge is -2.23. The highest BCUT2D eigenvalue weighted by atomic mass is 16.3. The van der Waals surface area contributed by atoms with Crippen molar-refractivity contribution >= 4 is 5.91 Å². The fourth-order valence-corrected chi connectivity index (χ4v) is 3.08. The molecule has 2 N–H and O–H groups in total. The summed E-state index contributed by atoms with van der Waals surface area (Å²) in [6, 6.07) is 5.54. The third-order valence-electron chi connectivity index (χ3n) is 4.09. The van der Waals surface area contributed by atoms with Crippen molar-refractivity contribution in [3.8, 4) is 5.75 Å². The van der Waals surface area contributed by atoms with Crippen molar-refractivity contribution in [3.05, 3.63) is 29.3 Å². The van der Waals surface area contributed by atoms with Gasteiger partial charge in [0.2, 0.25) is 0 Å². The van der Waals surface area contributed by atoms with E-state index >= 15 is 0 Å². The van der Waals surface area contributed by atoms with Crippen LogP contribution in [0.25, 0.3) is 0 Å².